The van der Waals surface area contributed by atoms with Gasteiger partial charge in [-0.25, -0.2) is 4.39 Å². The summed E-state index contributed by atoms with van der Waals surface area (Å²) in [5.74, 6) is 0.360. The third-order valence-electron chi connectivity index (χ3n) is 3.61. The van der Waals surface area contributed by atoms with E-state index >= 15 is 0 Å². The average molecular weight is 370 g/mol. The Bertz CT molecular complexity index is 981. The van der Waals surface area contributed by atoms with Crippen molar-refractivity contribution in [3.05, 3.63) is 69.8 Å². The van der Waals surface area contributed by atoms with Crippen LogP contribution in [0.15, 0.2) is 42.5 Å². The van der Waals surface area contributed by atoms with Crippen LogP contribution in [0.2, 0.25) is 0 Å². The molecule has 0 saturated carbocycles. The molecule has 3 aromatic rings. The van der Waals surface area contributed by atoms with Gasteiger partial charge in [0.2, 0.25) is 11.9 Å². The number of halogens is 1. The van der Waals surface area contributed by atoms with Crippen LogP contribution in [0.3, 0.4) is 0 Å². The molecule has 0 radical (unpaired) electrons. The second-order valence-corrected chi connectivity index (χ2v) is 5.51. The molecule has 0 saturated heterocycles. The molecule has 0 unspecified atom stereocenters. The van der Waals surface area contributed by atoms with Crippen LogP contribution in [0, 0.1) is 22.9 Å². The van der Waals surface area contributed by atoms with Gasteiger partial charge in [-0.05, 0) is 37.3 Å². The highest BCUT2D eigenvalue weighted by atomic mass is 19.1. The summed E-state index contributed by atoms with van der Waals surface area (Å²) in [6, 6.07) is 10.2. The van der Waals surface area contributed by atoms with Gasteiger partial charge in [0.15, 0.2) is 5.82 Å². The van der Waals surface area contributed by atoms with E-state index in [9.17, 15) is 14.5 Å². The number of nitro benzene ring substituents is 1. The molecule has 2 aromatic carbocycles. The molecule has 0 aliphatic heterocycles. The monoisotopic (exact) mass is 370 g/mol. The Morgan fingerprint density at radius 3 is 2.63 bits per heavy atom. The van der Waals surface area contributed by atoms with E-state index in [1.165, 1.54) is 36.4 Å². The van der Waals surface area contributed by atoms with Gasteiger partial charge >= 0.3 is 0 Å². The summed E-state index contributed by atoms with van der Waals surface area (Å²) < 4.78 is 18.6. The molecule has 3 N–H and O–H groups in total. The number of hydrogen-bond donors (Lipinski definition) is 2. The Balaban J connectivity index is 1.76. The summed E-state index contributed by atoms with van der Waals surface area (Å²) in [6.45, 7) is 1.53. The molecular formula is C17H15FN6O3. The number of aromatic nitrogens is 3. The first-order valence-electron chi connectivity index (χ1n) is 7.82. The predicted molar refractivity (Wildman–Crippen MR) is 96.1 cm³/mol. The fourth-order valence-electron chi connectivity index (χ4n) is 2.32. The van der Waals surface area contributed by atoms with Crippen LogP contribution in [-0.2, 0) is 6.61 Å². The fourth-order valence-corrected chi connectivity index (χ4v) is 2.32. The van der Waals surface area contributed by atoms with Gasteiger partial charge < -0.3 is 15.8 Å². The molecule has 9 nitrogen and oxygen atoms in total. The molecule has 1 heterocycles. The minimum absolute atomic E-state index is 0.0241. The molecule has 0 bridgehead atoms. The zero-order chi connectivity index (χ0) is 19.4. The first-order valence-corrected chi connectivity index (χ1v) is 7.82. The summed E-state index contributed by atoms with van der Waals surface area (Å²) in [4.78, 5) is 22.7. The largest absolute Gasteiger partial charge is 0.485 e. The third kappa shape index (κ3) is 4.42. The van der Waals surface area contributed by atoms with Gasteiger partial charge in [-0.3, -0.25) is 10.1 Å². The maximum Gasteiger partial charge on any atom is 0.276 e. The molecule has 27 heavy (non-hydrogen) atoms. The van der Waals surface area contributed by atoms with Gasteiger partial charge in [-0.15, -0.1) is 0 Å². The van der Waals surface area contributed by atoms with Crippen LogP contribution in [0.5, 0.6) is 5.75 Å². The molecule has 0 aliphatic carbocycles. The summed E-state index contributed by atoms with van der Waals surface area (Å²) >= 11 is 0. The van der Waals surface area contributed by atoms with Crippen molar-refractivity contribution in [1.82, 2.24) is 15.0 Å². The minimum atomic E-state index is -0.478. The predicted octanol–water partition coefficient (Wildman–Crippen LogP) is 3.13. The highest BCUT2D eigenvalue weighted by molar-refractivity contribution is 5.53. The Morgan fingerprint density at radius 2 is 1.93 bits per heavy atom. The van der Waals surface area contributed by atoms with E-state index in [1.54, 1.807) is 13.0 Å². The van der Waals surface area contributed by atoms with Crippen molar-refractivity contribution < 1.29 is 14.1 Å². The highest BCUT2D eigenvalue weighted by Crippen LogP contribution is 2.27. The number of nitrogens with one attached hydrogen (secondary N) is 1. The van der Waals surface area contributed by atoms with Gasteiger partial charge in [0.25, 0.3) is 5.69 Å². The lowest BCUT2D eigenvalue weighted by Gasteiger charge is -2.10. The number of nitrogens with two attached hydrogens (primary N) is 1. The zero-order valence-corrected chi connectivity index (χ0v) is 14.2. The number of hydrogen-bond acceptors (Lipinski definition) is 8. The Kier molecular flexibility index (Phi) is 5.06. The van der Waals surface area contributed by atoms with E-state index in [0.717, 1.165) is 0 Å². The number of nitro groups is 1. The van der Waals surface area contributed by atoms with Crippen LogP contribution in [0.4, 0.5) is 27.7 Å². The standard InChI is InChI=1S/C17H15FN6O3/c1-10-13(24(25)26)3-2-4-14(10)27-9-15-21-16(19)23-17(22-15)20-12-7-5-11(18)6-8-12/h2-8H,9H2,1H3,(H3,19,20,21,22,23). The maximum absolute atomic E-state index is 13.0. The van der Waals surface area contributed by atoms with Crippen molar-refractivity contribution >= 4 is 23.3 Å². The maximum atomic E-state index is 13.0. The molecule has 0 atom stereocenters. The highest BCUT2D eigenvalue weighted by Gasteiger charge is 2.15. The van der Waals surface area contributed by atoms with Crippen molar-refractivity contribution in [1.29, 1.82) is 0 Å². The number of anilines is 3. The quantitative estimate of drug-likeness (QED) is 0.500. The number of nitrogen functional groups attached to an aromatic ring is 1. The number of rotatable bonds is 6. The first-order chi connectivity index (χ1) is 12.9. The van der Waals surface area contributed by atoms with Gasteiger partial charge in [0.1, 0.15) is 18.2 Å². The molecule has 3 rings (SSSR count). The molecule has 10 heteroatoms. The Hall–Kier alpha value is -3.82. The number of ether oxygens (including phenoxy) is 1. The summed E-state index contributed by atoms with van der Waals surface area (Å²) in [5, 5.41) is 13.9. The summed E-state index contributed by atoms with van der Waals surface area (Å²) in [6.07, 6.45) is 0. The van der Waals surface area contributed by atoms with E-state index < -0.39 is 4.92 Å². The van der Waals surface area contributed by atoms with E-state index in [-0.39, 0.29) is 35.8 Å². The lowest BCUT2D eigenvalue weighted by molar-refractivity contribution is -0.385. The fraction of sp³-hybridized carbons (Fsp3) is 0.118. The molecule has 0 aliphatic rings. The van der Waals surface area contributed by atoms with Gasteiger partial charge in [-0.2, -0.15) is 15.0 Å². The molecular weight excluding hydrogens is 355 g/mol. The molecule has 138 valence electrons. The van der Waals surface area contributed by atoms with E-state index in [4.69, 9.17) is 10.5 Å². The van der Waals surface area contributed by atoms with Crippen molar-refractivity contribution in [2.24, 2.45) is 0 Å². The number of nitrogens with zero attached hydrogens (tertiary/aromatic N) is 4. The minimum Gasteiger partial charge on any atom is -0.485 e. The first kappa shape index (κ1) is 18.0. The lowest BCUT2D eigenvalue weighted by Crippen LogP contribution is -2.10. The number of benzene rings is 2. The van der Waals surface area contributed by atoms with Crippen molar-refractivity contribution in [2.75, 3.05) is 11.1 Å². The van der Waals surface area contributed by atoms with Gasteiger partial charge in [0.05, 0.1) is 10.5 Å². The van der Waals surface area contributed by atoms with Crippen LogP contribution in [0.25, 0.3) is 0 Å². The topological polar surface area (TPSA) is 129 Å². The van der Waals surface area contributed by atoms with Crippen molar-refractivity contribution in [3.63, 3.8) is 0 Å². The van der Waals surface area contributed by atoms with Crippen molar-refractivity contribution in [3.8, 4) is 5.75 Å². The Morgan fingerprint density at radius 1 is 1.19 bits per heavy atom. The van der Waals surface area contributed by atoms with Crippen LogP contribution in [0.1, 0.15) is 11.4 Å². The van der Waals surface area contributed by atoms with Gasteiger partial charge in [0, 0.05) is 11.8 Å². The van der Waals surface area contributed by atoms with Crippen LogP contribution >= 0.6 is 0 Å². The second kappa shape index (κ2) is 7.60. The van der Waals surface area contributed by atoms with E-state index in [2.05, 4.69) is 20.3 Å². The zero-order valence-electron chi connectivity index (χ0n) is 14.2. The van der Waals surface area contributed by atoms with E-state index in [1.807, 2.05) is 0 Å². The second-order valence-electron chi connectivity index (χ2n) is 5.51. The van der Waals surface area contributed by atoms with E-state index in [0.29, 0.717) is 17.0 Å². The van der Waals surface area contributed by atoms with Gasteiger partial charge in [-0.1, -0.05) is 6.07 Å². The van der Waals surface area contributed by atoms with Crippen LogP contribution in [-0.4, -0.2) is 19.9 Å². The third-order valence-corrected chi connectivity index (χ3v) is 3.61. The summed E-state index contributed by atoms with van der Waals surface area (Å²) in [5.41, 5.74) is 6.62. The normalized spacial score (nSPS) is 10.4. The van der Waals surface area contributed by atoms with Crippen molar-refractivity contribution in [2.45, 2.75) is 13.5 Å². The van der Waals surface area contributed by atoms with Crippen LogP contribution < -0.4 is 15.8 Å². The summed E-state index contributed by atoms with van der Waals surface area (Å²) in [7, 11) is 0. The molecule has 0 fully saturated rings. The smallest absolute Gasteiger partial charge is 0.276 e. The Labute approximate surface area is 153 Å². The average Bonchev–Trinajstić information content (AvgIpc) is 2.62. The lowest BCUT2D eigenvalue weighted by atomic mass is 10.2. The SMILES string of the molecule is Cc1c(OCc2nc(N)nc(Nc3ccc(F)cc3)n2)cccc1[N+](=O)[O-]. The molecule has 0 spiro atoms. The molecule has 1 aromatic heterocycles. The molecule has 0 amide bonds.